The average Bonchev–Trinajstić information content (AvgIpc) is 2.71. The first kappa shape index (κ1) is 12.4. The van der Waals surface area contributed by atoms with Crippen LogP contribution in [0.15, 0.2) is 18.3 Å². The van der Waals surface area contributed by atoms with Gasteiger partial charge in [0, 0.05) is 11.6 Å². The number of carbonyl (C=O) groups excluding carboxylic acids is 1. The van der Waals surface area contributed by atoms with Crippen molar-refractivity contribution >= 4 is 16.9 Å². The Kier molecular flexibility index (Phi) is 2.98. The summed E-state index contributed by atoms with van der Waals surface area (Å²) in [4.78, 5) is 17.1. The number of ether oxygens (including phenoxy) is 1. The van der Waals surface area contributed by atoms with Gasteiger partial charge in [-0.15, -0.1) is 0 Å². The number of fused-ring (bicyclic) bond motifs is 1. The van der Waals surface area contributed by atoms with Gasteiger partial charge in [-0.25, -0.2) is 9.78 Å². The molecular formula is C11H9F3N2O2. The first-order valence-electron chi connectivity index (χ1n) is 5.15. The Balaban J connectivity index is 2.55. The molecule has 7 heteroatoms. The Bertz CT molecular complexity index is 589. The van der Waals surface area contributed by atoms with Crippen molar-refractivity contribution in [2.45, 2.75) is 13.1 Å². The Labute approximate surface area is 99.8 Å². The van der Waals surface area contributed by atoms with Crippen LogP contribution in [0.4, 0.5) is 13.2 Å². The lowest BCUT2D eigenvalue weighted by molar-refractivity contribution is -0.139. The zero-order valence-corrected chi connectivity index (χ0v) is 9.34. The first-order chi connectivity index (χ1) is 8.43. The van der Waals surface area contributed by atoms with Gasteiger partial charge >= 0.3 is 12.1 Å². The molecule has 2 heterocycles. The predicted octanol–water partition coefficient (Wildman–Crippen LogP) is 2.76. The number of rotatable bonds is 2. The van der Waals surface area contributed by atoms with Crippen LogP contribution in [0.1, 0.15) is 23.1 Å². The predicted molar refractivity (Wildman–Crippen MR) is 57.1 cm³/mol. The normalized spacial score (nSPS) is 11.8. The standard InChI is InChI=1S/C11H9F3N2O2/c1-2-18-10(17)7-5-6-3-4-15-9(8(6)16-7)11(12,13)14/h3-5,16H,2H2,1H3. The summed E-state index contributed by atoms with van der Waals surface area (Å²) in [5, 5.41) is 0.264. The smallest absolute Gasteiger partial charge is 0.435 e. The maximum absolute atomic E-state index is 12.7. The van der Waals surface area contributed by atoms with Crippen LogP contribution < -0.4 is 0 Å². The molecule has 0 aromatic carbocycles. The number of H-pyrrole nitrogens is 1. The summed E-state index contributed by atoms with van der Waals surface area (Å²) in [5.74, 6) is -0.693. The monoisotopic (exact) mass is 258 g/mol. The summed E-state index contributed by atoms with van der Waals surface area (Å²) in [6.07, 6.45) is -3.52. The molecule has 1 N–H and O–H groups in total. The molecule has 0 fully saturated rings. The lowest BCUT2D eigenvalue weighted by atomic mass is 10.2. The average molecular weight is 258 g/mol. The van der Waals surface area contributed by atoms with Gasteiger partial charge in [-0.1, -0.05) is 0 Å². The van der Waals surface area contributed by atoms with Gasteiger partial charge in [-0.2, -0.15) is 13.2 Å². The van der Waals surface area contributed by atoms with E-state index in [2.05, 4.69) is 9.97 Å². The molecule has 0 saturated heterocycles. The van der Waals surface area contributed by atoms with Crippen molar-refractivity contribution in [3.05, 3.63) is 29.7 Å². The maximum atomic E-state index is 12.7. The largest absolute Gasteiger partial charge is 0.461 e. The number of carbonyl (C=O) groups is 1. The summed E-state index contributed by atoms with van der Waals surface area (Å²) in [6, 6.07) is 2.70. The SMILES string of the molecule is CCOC(=O)c1cc2ccnc(C(F)(F)F)c2[nH]1. The van der Waals surface area contributed by atoms with Crippen molar-refractivity contribution in [3.63, 3.8) is 0 Å². The number of halogens is 3. The van der Waals surface area contributed by atoms with E-state index in [9.17, 15) is 18.0 Å². The highest BCUT2D eigenvalue weighted by atomic mass is 19.4. The van der Waals surface area contributed by atoms with Gasteiger partial charge in [-0.05, 0) is 19.1 Å². The second-order valence-corrected chi connectivity index (χ2v) is 3.53. The van der Waals surface area contributed by atoms with E-state index in [0.29, 0.717) is 0 Å². The van der Waals surface area contributed by atoms with Crippen molar-refractivity contribution in [2.24, 2.45) is 0 Å². The topological polar surface area (TPSA) is 55.0 Å². The first-order valence-corrected chi connectivity index (χ1v) is 5.15. The molecule has 2 rings (SSSR count). The van der Waals surface area contributed by atoms with E-state index in [1.165, 1.54) is 12.1 Å². The molecular weight excluding hydrogens is 249 g/mol. The summed E-state index contributed by atoms with van der Waals surface area (Å²) >= 11 is 0. The number of esters is 1. The van der Waals surface area contributed by atoms with E-state index in [4.69, 9.17) is 4.74 Å². The minimum atomic E-state index is -4.57. The van der Waals surface area contributed by atoms with Crippen molar-refractivity contribution in [2.75, 3.05) is 6.61 Å². The number of nitrogens with zero attached hydrogens (tertiary/aromatic N) is 1. The van der Waals surface area contributed by atoms with Crippen molar-refractivity contribution < 1.29 is 22.7 Å². The van der Waals surface area contributed by atoms with E-state index in [1.54, 1.807) is 6.92 Å². The van der Waals surface area contributed by atoms with Crippen LogP contribution in [0, 0.1) is 0 Å². The van der Waals surface area contributed by atoms with Gasteiger partial charge in [0.2, 0.25) is 0 Å². The number of aromatic amines is 1. The van der Waals surface area contributed by atoms with E-state index in [1.807, 2.05) is 0 Å². The molecule has 4 nitrogen and oxygen atoms in total. The molecule has 96 valence electrons. The molecule has 0 spiro atoms. The van der Waals surface area contributed by atoms with Crippen molar-refractivity contribution in [1.29, 1.82) is 0 Å². The number of nitrogens with one attached hydrogen (secondary N) is 1. The van der Waals surface area contributed by atoms with Crippen LogP contribution in [-0.2, 0) is 10.9 Å². The van der Waals surface area contributed by atoms with Gasteiger partial charge in [0.1, 0.15) is 5.69 Å². The molecule has 2 aromatic heterocycles. The molecule has 0 atom stereocenters. The van der Waals surface area contributed by atoms with Gasteiger partial charge in [0.05, 0.1) is 12.1 Å². The lowest BCUT2D eigenvalue weighted by Crippen LogP contribution is -2.09. The fraction of sp³-hybridized carbons (Fsp3) is 0.273. The molecule has 0 aliphatic carbocycles. The van der Waals surface area contributed by atoms with E-state index in [-0.39, 0.29) is 23.2 Å². The highest BCUT2D eigenvalue weighted by Gasteiger charge is 2.35. The van der Waals surface area contributed by atoms with Gasteiger partial charge < -0.3 is 9.72 Å². The number of pyridine rings is 1. The quantitative estimate of drug-likeness (QED) is 0.842. The van der Waals surface area contributed by atoms with E-state index < -0.39 is 17.8 Å². The minimum Gasteiger partial charge on any atom is -0.461 e. The second kappa shape index (κ2) is 4.32. The third-order valence-electron chi connectivity index (χ3n) is 2.31. The highest BCUT2D eigenvalue weighted by Crippen LogP contribution is 2.32. The minimum absolute atomic E-state index is 0.0228. The number of alkyl halides is 3. The summed E-state index contributed by atoms with van der Waals surface area (Å²) in [7, 11) is 0. The van der Waals surface area contributed by atoms with E-state index >= 15 is 0 Å². The van der Waals surface area contributed by atoms with Crippen LogP contribution in [0.5, 0.6) is 0 Å². The fourth-order valence-corrected chi connectivity index (χ4v) is 1.59. The maximum Gasteiger partial charge on any atom is 0.435 e. The van der Waals surface area contributed by atoms with Crippen molar-refractivity contribution in [1.82, 2.24) is 9.97 Å². The van der Waals surface area contributed by atoms with E-state index in [0.717, 1.165) is 6.20 Å². The highest BCUT2D eigenvalue weighted by molar-refractivity contribution is 5.95. The third kappa shape index (κ3) is 2.15. The van der Waals surface area contributed by atoms with Crippen LogP contribution in [0.3, 0.4) is 0 Å². The molecule has 0 radical (unpaired) electrons. The molecule has 2 aromatic rings. The van der Waals surface area contributed by atoms with Crippen LogP contribution in [-0.4, -0.2) is 22.5 Å². The molecule has 18 heavy (non-hydrogen) atoms. The van der Waals surface area contributed by atoms with Crippen LogP contribution in [0.25, 0.3) is 10.9 Å². The van der Waals surface area contributed by atoms with Gasteiger partial charge in [0.25, 0.3) is 0 Å². The molecule has 0 aliphatic heterocycles. The Hall–Kier alpha value is -2.05. The van der Waals surface area contributed by atoms with Crippen LogP contribution in [0.2, 0.25) is 0 Å². The molecule has 0 amide bonds. The Morgan fingerprint density at radius 3 is 2.83 bits per heavy atom. The zero-order chi connectivity index (χ0) is 13.3. The third-order valence-corrected chi connectivity index (χ3v) is 2.31. The van der Waals surface area contributed by atoms with Gasteiger partial charge in [0.15, 0.2) is 5.69 Å². The Morgan fingerprint density at radius 2 is 2.22 bits per heavy atom. The van der Waals surface area contributed by atoms with Crippen LogP contribution >= 0.6 is 0 Å². The zero-order valence-electron chi connectivity index (χ0n) is 9.34. The number of hydrogen-bond acceptors (Lipinski definition) is 3. The summed E-state index contributed by atoms with van der Waals surface area (Å²) in [5.41, 5.74) is -1.28. The summed E-state index contributed by atoms with van der Waals surface area (Å²) in [6.45, 7) is 1.77. The van der Waals surface area contributed by atoms with Gasteiger partial charge in [-0.3, -0.25) is 0 Å². The fourth-order valence-electron chi connectivity index (χ4n) is 1.59. The second-order valence-electron chi connectivity index (χ2n) is 3.53. The molecule has 0 unspecified atom stereocenters. The molecule has 0 bridgehead atoms. The molecule has 0 aliphatic rings. The molecule has 0 saturated carbocycles. The summed E-state index contributed by atoms with van der Waals surface area (Å²) < 4.78 is 42.7. The number of aromatic nitrogens is 2. The lowest BCUT2D eigenvalue weighted by Gasteiger charge is -2.05. The Morgan fingerprint density at radius 1 is 1.50 bits per heavy atom. The number of hydrogen-bond donors (Lipinski definition) is 1. The van der Waals surface area contributed by atoms with Crippen molar-refractivity contribution in [3.8, 4) is 0 Å².